The second kappa shape index (κ2) is 13.5. The summed E-state index contributed by atoms with van der Waals surface area (Å²) < 4.78 is 27.0. The molecule has 0 spiro atoms. The number of rotatable bonds is 12. The van der Waals surface area contributed by atoms with Crippen LogP contribution in [-0.4, -0.2) is 62.5 Å². The van der Waals surface area contributed by atoms with E-state index in [0.717, 1.165) is 12.8 Å². The Bertz CT molecular complexity index is 1650. The topological polar surface area (TPSA) is 172 Å². The summed E-state index contributed by atoms with van der Waals surface area (Å²) in [4.78, 5) is 51.8. The number of benzene rings is 2. The van der Waals surface area contributed by atoms with Crippen LogP contribution in [0.3, 0.4) is 0 Å². The van der Waals surface area contributed by atoms with E-state index in [1.165, 1.54) is 10.7 Å². The molecule has 0 saturated heterocycles. The van der Waals surface area contributed by atoms with Crippen LogP contribution in [0, 0.1) is 11.7 Å². The predicted octanol–water partition coefficient (Wildman–Crippen LogP) is 5.39. The van der Waals surface area contributed by atoms with Crippen LogP contribution in [0.25, 0.3) is 10.9 Å². The molecule has 12 nitrogen and oxygen atoms in total. The second-order valence-corrected chi connectivity index (χ2v) is 13.4. The summed E-state index contributed by atoms with van der Waals surface area (Å²) >= 11 is 6.01. The lowest BCUT2D eigenvalue weighted by atomic mass is 9.82. The average molecular weight is 659 g/mol. The van der Waals surface area contributed by atoms with Crippen LogP contribution >= 0.6 is 11.6 Å². The molecule has 0 aliphatic heterocycles. The van der Waals surface area contributed by atoms with Gasteiger partial charge in [0.1, 0.15) is 23.6 Å². The number of halogens is 2. The quantitative estimate of drug-likeness (QED) is 0.234. The standard InChI is InChI=1S/C32H40ClFN6O6/c1-31(2,3)46-30(44)37-20-9-12-24-22(16-20)27(28(35)42)38-40(24)17-25(41)39(21-10-11-21)14-13-19(32(4,5)45-29(36)43)15-18-7-6-8-23(33)26(18)34/h6-9,12,16,19,21H,10-11,13-15,17H2,1-5H3,(H2,35,42)(H2,36,43)(H,37,44). The minimum Gasteiger partial charge on any atom is -0.444 e. The molecule has 1 heterocycles. The fraction of sp³-hybridized carbons (Fsp3) is 0.469. The molecule has 1 aliphatic carbocycles. The van der Waals surface area contributed by atoms with Gasteiger partial charge in [-0.05, 0) is 90.1 Å². The van der Waals surface area contributed by atoms with Crippen LogP contribution in [0.15, 0.2) is 36.4 Å². The molecule has 46 heavy (non-hydrogen) atoms. The highest BCUT2D eigenvalue weighted by molar-refractivity contribution is 6.30. The highest BCUT2D eigenvalue weighted by Crippen LogP contribution is 2.34. The first-order valence-electron chi connectivity index (χ1n) is 15.0. The van der Waals surface area contributed by atoms with E-state index in [1.54, 1.807) is 69.9 Å². The summed E-state index contributed by atoms with van der Waals surface area (Å²) in [6, 6.07) is 9.50. The molecule has 4 rings (SSSR count). The Kier molecular flexibility index (Phi) is 10.1. The number of fused-ring (bicyclic) bond motifs is 1. The summed E-state index contributed by atoms with van der Waals surface area (Å²) in [6.07, 6.45) is 0.540. The largest absolute Gasteiger partial charge is 0.444 e. The van der Waals surface area contributed by atoms with Crippen molar-refractivity contribution in [1.82, 2.24) is 14.7 Å². The zero-order chi connectivity index (χ0) is 34.0. The maximum absolute atomic E-state index is 14.9. The van der Waals surface area contributed by atoms with Crippen LogP contribution in [0.4, 0.5) is 19.7 Å². The van der Waals surface area contributed by atoms with E-state index in [2.05, 4.69) is 10.4 Å². The number of hydrogen-bond acceptors (Lipinski definition) is 7. The molecule has 3 aromatic rings. The first kappa shape index (κ1) is 34.5. The molecule has 1 aromatic heterocycles. The summed E-state index contributed by atoms with van der Waals surface area (Å²) in [5.74, 6) is -2.03. The molecule has 0 bridgehead atoms. The zero-order valence-corrected chi connectivity index (χ0v) is 27.3. The van der Waals surface area contributed by atoms with E-state index >= 15 is 0 Å². The Labute approximate surface area is 271 Å². The fourth-order valence-electron chi connectivity index (χ4n) is 5.40. The van der Waals surface area contributed by atoms with E-state index in [-0.39, 0.29) is 42.2 Å². The van der Waals surface area contributed by atoms with Gasteiger partial charge in [0.2, 0.25) is 5.91 Å². The third-order valence-corrected chi connectivity index (χ3v) is 8.08. The maximum atomic E-state index is 14.9. The Morgan fingerprint density at radius 2 is 1.80 bits per heavy atom. The van der Waals surface area contributed by atoms with Crippen LogP contribution < -0.4 is 16.8 Å². The van der Waals surface area contributed by atoms with E-state index in [0.29, 0.717) is 28.6 Å². The van der Waals surface area contributed by atoms with Crippen molar-refractivity contribution in [2.75, 3.05) is 11.9 Å². The molecule has 0 radical (unpaired) electrons. The second-order valence-electron chi connectivity index (χ2n) is 13.0. The molecule has 1 unspecified atom stereocenters. The average Bonchev–Trinajstić information content (AvgIpc) is 3.70. The van der Waals surface area contributed by atoms with Gasteiger partial charge in [0, 0.05) is 29.6 Å². The van der Waals surface area contributed by atoms with Crippen molar-refractivity contribution in [3.8, 4) is 0 Å². The Morgan fingerprint density at radius 3 is 2.41 bits per heavy atom. The molecule has 1 saturated carbocycles. The molecular weight excluding hydrogens is 619 g/mol. The molecule has 5 N–H and O–H groups in total. The van der Waals surface area contributed by atoms with E-state index in [1.807, 2.05) is 0 Å². The van der Waals surface area contributed by atoms with Gasteiger partial charge in [0.25, 0.3) is 5.91 Å². The lowest BCUT2D eigenvalue weighted by Gasteiger charge is -2.35. The molecule has 248 valence electrons. The number of carbonyl (C=O) groups excluding carboxylic acids is 4. The van der Waals surface area contributed by atoms with Crippen molar-refractivity contribution >= 4 is 52.2 Å². The molecule has 1 atom stereocenters. The number of anilines is 1. The third kappa shape index (κ3) is 8.65. The summed E-state index contributed by atoms with van der Waals surface area (Å²) in [6.45, 7) is 8.70. The fourth-order valence-corrected chi connectivity index (χ4v) is 5.60. The first-order chi connectivity index (χ1) is 21.4. The van der Waals surface area contributed by atoms with E-state index in [9.17, 15) is 23.6 Å². The van der Waals surface area contributed by atoms with E-state index in [4.69, 9.17) is 32.5 Å². The number of nitrogens with one attached hydrogen (secondary N) is 1. The highest BCUT2D eigenvalue weighted by Gasteiger charge is 2.37. The summed E-state index contributed by atoms with van der Waals surface area (Å²) in [5, 5.41) is 7.31. The molecule has 1 aliphatic rings. The number of primary amides is 2. The van der Waals surface area contributed by atoms with Crippen molar-refractivity contribution < 1.29 is 33.0 Å². The Morgan fingerprint density at radius 1 is 1.11 bits per heavy atom. The van der Waals surface area contributed by atoms with Gasteiger partial charge in [-0.25, -0.2) is 14.0 Å². The SMILES string of the molecule is CC(C)(C)OC(=O)Nc1ccc2c(c1)c(C(N)=O)nn2CC(=O)N(CCC(Cc1cccc(Cl)c1F)C(C)(C)OC(N)=O)C1CC1. The minimum atomic E-state index is -1.08. The monoisotopic (exact) mass is 658 g/mol. The van der Waals surface area contributed by atoms with Crippen LogP contribution in [0.1, 0.15) is 69.9 Å². The predicted molar refractivity (Wildman–Crippen MR) is 171 cm³/mol. The third-order valence-electron chi connectivity index (χ3n) is 7.79. The number of nitrogens with zero attached hydrogens (tertiary/aromatic N) is 3. The first-order valence-corrected chi connectivity index (χ1v) is 15.3. The molecule has 2 aromatic carbocycles. The van der Waals surface area contributed by atoms with E-state index < -0.39 is 41.0 Å². The van der Waals surface area contributed by atoms with Gasteiger partial charge in [0.15, 0.2) is 5.69 Å². The van der Waals surface area contributed by atoms with Crippen LogP contribution in [0.5, 0.6) is 0 Å². The van der Waals surface area contributed by atoms with Crippen molar-refractivity contribution in [3.63, 3.8) is 0 Å². The number of carbonyl (C=O) groups is 4. The normalized spacial score (nSPS) is 14.1. The molecular formula is C32H40ClFN6O6. The van der Waals surface area contributed by atoms with Gasteiger partial charge in [-0.1, -0.05) is 23.7 Å². The number of nitrogens with two attached hydrogens (primary N) is 2. The maximum Gasteiger partial charge on any atom is 0.412 e. The van der Waals surface area contributed by atoms with Gasteiger partial charge in [-0.3, -0.25) is 19.6 Å². The van der Waals surface area contributed by atoms with Crippen LogP contribution in [0.2, 0.25) is 5.02 Å². The summed E-state index contributed by atoms with van der Waals surface area (Å²) in [5.41, 5.74) is 10.3. The zero-order valence-electron chi connectivity index (χ0n) is 26.6. The lowest BCUT2D eigenvalue weighted by molar-refractivity contribution is -0.133. The number of hydrogen-bond donors (Lipinski definition) is 3. The van der Waals surface area contributed by atoms with Gasteiger partial charge >= 0.3 is 12.2 Å². The van der Waals surface area contributed by atoms with Crippen molar-refractivity contribution in [3.05, 3.63) is 58.5 Å². The molecule has 14 heteroatoms. The van der Waals surface area contributed by atoms with Gasteiger partial charge in [-0.15, -0.1) is 0 Å². The summed E-state index contributed by atoms with van der Waals surface area (Å²) in [7, 11) is 0. The number of ether oxygens (including phenoxy) is 2. The van der Waals surface area contributed by atoms with Crippen LogP contribution in [-0.2, 0) is 27.2 Å². The minimum absolute atomic E-state index is 0.00158. The van der Waals surface area contributed by atoms with Gasteiger partial charge in [-0.2, -0.15) is 5.10 Å². The molecule has 4 amide bonds. The number of amides is 4. The van der Waals surface area contributed by atoms with Gasteiger partial charge in [0.05, 0.1) is 10.5 Å². The number of aromatic nitrogens is 2. The lowest BCUT2D eigenvalue weighted by Crippen LogP contribution is -2.43. The van der Waals surface area contributed by atoms with Crippen molar-refractivity contribution in [2.45, 2.75) is 84.1 Å². The molecule has 1 fully saturated rings. The Hall–Kier alpha value is -4.39. The smallest absolute Gasteiger partial charge is 0.412 e. The van der Waals surface area contributed by atoms with Crippen molar-refractivity contribution in [1.29, 1.82) is 0 Å². The highest BCUT2D eigenvalue weighted by atomic mass is 35.5. The van der Waals surface area contributed by atoms with Gasteiger partial charge < -0.3 is 25.8 Å². The Balaban J connectivity index is 1.55. The van der Waals surface area contributed by atoms with Crippen molar-refractivity contribution in [2.24, 2.45) is 17.4 Å².